The van der Waals surface area contributed by atoms with Gasteiger partial charge in [-0.15, -0.1) is 0 Å². The minimum Gasteiger partial charge on any atom is -0.469 e. The summed E-state index contributed by atoms with van der Waals surface area (Å²) in [6.45, 7) is 2.92. The third kappa shape index (κ3) is 3.87. The zero-order valence-electron chi connectivity index (χ0n) is 9.36. The molecule has 86 valence electrons. The Balaban J connectivity index is 2.17. The standard InChI is InChI=1S/C10H18N2O3/c1-11-6-7-12(8-9(11)13)5-3-4-10(14)15-2/h3-8H2,1-2H3. The number of ether oxygens (including phenoxy) is 1. The topological polar surface area (TPSA) is 49.9 Å². The SMILES string of the molecule is COC(=O)CCCN1CCN(C)C(=O)C1. The first kappa shape index (κ1) is 12.0. The Kier molecular flexibility index (Phi) is 4.55. The van der Waals surface area contributed by atoms with Crippen LogP contribution in [0.2, 0.25) is 0 Å². The van der Waals surface area contributed by atoms with Crippen LogP contribution in [0.1, 0.15) is 12.8 Å². The molecule has 0 bridgehead atoms. The quantitative estimate of drug-likeness (QED) is 0.604. The molecule has 5 nitrogen and oxygen atoms in total. The van der Waals surface area contributed by atoms with E-state index in [1.54, 1.807) is 4.90 Å². The fraction of sp³-hybridized carbons (Fsp3) is 0.800. The third-order valence-electron chi connectivity index (χ3n) is 2.62. The van der Waals surface area contributed by atoms with Gasteiger partial charge in [0.25, 0.3) is 0 Å². The van der Waals surface area contributed by atoms with Crippen molar-refractivity contribution >= 4 is 11.9 Å². The van der Waals surface area contributed by atoms with Crippen molar-refractivity contribution in [2.45, 2.75) is 12.8 Å². The van der Waals surface area contributed by atoms with Gasteiger partial charge in [0.15, 0.2) is 0 Å². The Morgan fingerprint density at radius 3 is 2.80 bits per heavy atom. The zero-order chi connectivity index (χ0) is 11.3. The van der Waals surface area contributed by atoms with Crippen LogP contribution in [0.5, 0.6) is 0 Å². The molecule has 1 aliphatic heterocycles. The Morgan fingerprint density at radius 1 is 1.47 bits per heavy atom. The molecule has 1 aliphatic rings. The zero-order valence-corrected chi connectivity index (χ0v) is 9.36. The molecule has 0 unspecified atom stereocenters. The van der Waals surface area contributed by atoms with Gasteiger partial charge in [-0.1, -0.05) is 0 Å². The van der Waals surface area contributed by atoms with Gasteiger partial charge in [0, 0.05) is 26.6 Å². The first-order valence-corrected chi connectivity index (χ1v) is 5.16. The molecule has 5 heteroatoms. The second kappa shape index (κ2) is 5.70. The van der Waals surface area contributed by atoms with Crippen molar-refractivity contribution in [1.29, 1.82) is 0 Å². The van der Waals surface area contributed by atoms with E-state index in [0.29, 0.717) is 13.0 Å². The first-order chi connectivity index (χ1) is 7.13. The van der Waals surface area contributed by atoms with E-state index in [0.717, 1.165) is 26.1 Å². The van der Waals surface area contributed by atoms with Gasteiger partial charge in [0.1, 0.15) is 0 Å². The number of esters is 1. The highest BCUT2D eigenvalue weighted by molar-refractivity contribution is 5.78. The molecule has 1 fully saturated rings. The summed E-state index contributed by atoms with van der Waals surface area (Å²) in [7, 11) is 3.20. The van der Waals surface area contributed by atoms with E-state index in [9.17, 15) is 9.59 Å². The minimum absolute atomic E-state index is 0.152. The molecule has 0 aromatic heterocycles. The summed E-state index contributed by atoms with van der Waals surface area (Å²) in [4.78, 5) is 26.0. The van der Waals surface area contributed by atoms with Crippen LogP contribution in [0.3, 0.4) is 0 Å². The monoisotopic (exact) mass is 214 g/mol. The molecular formula is C10H18N2O3. The first-order valence-electron chi connectivity index (χ1n) is 5.16. The summed E-state index contributed by atoms with van der Waals surface area (Å²) in [6, 6.07) is 0. The molecule has 0 N–H and O–H groups in total. The van der Waals surface area contributed by atoms with Crippen molar-refractivity contribution in [1.82, 2.24) is 9.80 Å². The number of hydrogen-bond acceptors (Lipinski definition) is 4. The second-order valence-corrected chi connectivity index (χ2v) is 3.77. The molecule has 0 atom stereocenters. The van der Waals surface area contributed by atoms with Gasteiger partial charge in [-0.05, 0) is 13.0 Å². The van der Waals surface area contributed by atoms with Crippen molar-refractivity contribution in [3.05, 3.63) is 0 Å². The van der Waals surface area contributed by atoms with Crippen LogP contribution in [0.4, 0.5) is 0 Å². The number of rotatable bonds is 4. The molecule has 0 aromatic carbocycles. The fourth-order valence-electron chi connectivity index (χ4n) is 1.55. The van der Waals surface area contributed by atoms with Crippen LogP contribution in [-0.2, 0) is 14.3 Å². The van der Waals surface area contributed by atoms with E-state index < -0.39 is 0 Å². The largest absolute Gasteiger partial charge is 0.469 e. The molecule has 0 radical (unpaired) electrons. The maximum absolute atomic E-state index is 11.4. The lowest BCUT2D eigenvalue weighted by molar-refractivity contribution is -0.140. The summed E-state index contributed by atoms with van der Waals surface area (Å²) in [5.41, 5.74) is 0. The van der Waals surface area contributed by atoms with Crippen LogP contribution >= 0.6 is 0 Å². The lowest BCUT2D eigenvalue weighted by Crippen LogP contribution is -2.48. The van der Waals surface area contributed by atoms with E-state index in [-0.39, 0.29) is 11.9 Å². The van der Waals surface area contributed by atoms with Gasteiger partial charge in [-0.2, -0.15) is 0 Å². The molecule has 1 heterocycles. The van der Waals surface area contributed by atoms with Crippen molar-refractivity contribution in [2.75, 3.05) is 40.3 Å². The number of carbonyl (C=O) groups is 2. The van der Waals surface area contributed by atoms with Crippen LogP contribution in [-0.4, -0.2) is 62.0 Å². The van der Waals surface area contributed by atoms with E-state index in [1.165, 1.54) is 7.11 Å². The summed E-state index contributed by atoms with van der Waals surface area (Å²) >= 11 is 0. The van der Waals surface area contributed by atoms with E-state index >= 15 is 0 Å². The van der Waals surface area contributed by atoms with Gasteiger partial charge in [0.2, 0.25) is 5.91 Å². The average Bonchev–Trinajstić information content (AvgIpc) is 2.23. The Morgan fingerprint density at radius 2 is 2.20 bits per heavy atom. The normalized spacial score (nSPS) is 18.0. The third-order valence-corrected chi connectivity index (χ3v) is 2.62. The van der Waals surface area contributed by atoms with Gasteiger partial charge >= 0.3 is 5.97 Å². The molecule has 0 spiro atoms. The maximum atomic E-state index is 11.4. The number of piperazine rings is 1. The Hall–Kier alpha value is -1.10. The van der Waals surface area contributed by atoms with E-state index in [4.69, 9.17) is 0 Å². The Labute approximate surface area is 90.0 Å². The molecule has 1 rings (SSSR count). The summed E-state index contributed by atoms with van der Waals surface area (Å²) in [5.74, 6) is -0.0326. The molecule has 1 amide bonds. The van der Waals surface area contributed by atoms with Crippen LogP contribution in [0.25, 0.3) is 0 Å². The lowest BCUT2D eigenvalue weighted by atomic mass is 10.2. The smallest absolute Gasteiger partial charge is 0.305 e. The van der Waals surface area contributed by atoms with E-state index in [1.807, 2.05) is 7.05 Å². The highest BCUT2D eigenvalue weighted by Crippen LogP contribution is 2.03. The predicted octanol–water partition coefficient (Wildman–Crippen LogP) is -0.286. The summed E-state index contributed by atoms with van der Waals surface area (Å²) in [6.07, 6.45) is 1.18. The lowest BCUT2D eigenvalue weighted by Gasteiger charge is -2.31. The van der Waals surface area contributed by atoms with Crippen molar-refractivity contribution in [3.63, 3.8) is 0 Å². The number of methoxy groups -OCH3 is 1. The highest BCUT2D eigenvalue weighted by Gasteiger charge is 2.20. The molecule has 0 saturated carbocycles. The van der Waals surface area contributed by atoms with Crippen molar-refractivity contribution < 1.29 is 14.3 Å². The van der Waals surface area contributed by atoms with E-state index in [2.05, 4.69) is 9.64 Å². The molecule has 1 saturated heterocycles. The maximum Gasteiger partial charge on any atom is 0.305 e. The second-order valence-electron chi connectivity index (χ2n) is 3.77. The summed E-state index contributed by atoms with van der Waals surface area (Å²) < 4.78 is 4.55. The molecule has 0 aromatic rings. The van der Waals surface area contributed by atoms with Crippen LogP contribution in [0, 0.1) is 0 Å². The number of likely N-dealkylation sites (N-methyl/N-ethyl adjacent to an activating group) is 1. The highest BCUT2D eigenvalue weighted by atomic mass is 16.5. The molecular weight excluding hydrogens is 196 g/mol. The molecule has 15 heavy (non-hydrogen) atoms. The number of nitrogens with zero attached hydrogens (tertiary/aromatic N) is 2. The number of carbonyl (C=O) groups excluding carboxylic acids is 2. The van der Waals surface area contributed by atoms with Crippen molar-refractivity contribution in [3.8, 4) is 0 Å². The van der Waals surface area contributed by atoms with Gasteiger partial charge in [-0.25, -0.2) is 0 Å². The predicted molar refractivity (Wildman–Crippen MR) is 55.3 cm³/mol. The minimum atomic E-state index is -0.185. The fourth-order valence-corrected chi connectivity index (χ4v) is 1.55. The number of amides is 1. The van der Waals surface area contributed by atoms with Crippen molar-refractivity contribution in [2.24, 2.45) is 0 Å². The van der Waals surface area contributed by atoms with Gasteiger partial charge in [0.05, 0.1) is 13.7 Å². The van der Waals surface area contributed by atoms with Gasteiger partial charge in [-0.3, -0.25) is 14.5 Å². The Bertz CT molecular complexity index is 243. The van der Waals surface area contributed by atoms with Crippen LogP contribution in [0.15, 0.2) is 0 Å². The van der Waals surface area contributed by atoms with Gasteiger partial charge < -0.3 is 9.64 Å². The summed E-state index contributed by atoms with van der Waals surface area (Å²) in [5, 5.41) is 0. The molecule has 0 aliphatic carbocycles. The average molecular weight is 214 g/mol. The van der Waals surface area contributed by atoms with Crippen LogP contribution < -0.4 is 0 Å². The number of hydrogen-bond donors (Lipinski definition) is 0.